The van der Waals surface area contributed by atoms with Crippen LogP contribution in [0.5, 0.6) is 11.5 Å². The standard InChI is InChI=1S/C11H15NO2.ClH/c1-13-8-2-4-9(5-3-8)14-11-7-6-10(11)12;/h2-5,10-11H,6-7,12H2,1H3;1H/t10-,11-;/m1./s1. The predicted octanol–water partition coefficient (Wildman–Crippen LogP) is 1.99. The van der Waals surface area contributed by atoms with Crippen molar-refractivity contribution in [3.05, 3.63) is 24.3 Å². The first-order valence-corrected chi connectivity index (χ1v) is 4.86. The molecular formula is C11H16ClNO2. The minimum atomic E-state index is 0. The molecule has 3 nitrogen and oxygen atoms in total. The second-order valence-corrected chi connectivity index (χ2v) is 3.57. The molecule has 2 rings (SSSR count). The van der Waals surface area contributed by atoms with Crippen molar-refractivity contribution >= 4 is 12.4 Å². The van der Waals surface area contributed by atoms with E-state index in [1.165, 1.54) is 0 Å². The number of methoxy groups -OCH3 is 1. The Labute approximate surface area is 96.0 Å². The molecule has 0 radical (unpaired) electrons. The van der Waals surface area contributed by atoms with Crippen LogP contribution in [-0.2, 0) is 0 Å². The Balaban J connectivity index is 0.00000112. The number of rotatable bonds is 3. The molecule has 0 aliphatic heterocycles. The molecule has 84 valence electrons. The fourth-order valence-electron chi connectivity index (χ4n) is 1.47. The zero-order valence-electron chi connectivity index (χ0n) is 8.68. The van der Waals surface area contributed by atoms with Crippen molar-refractivity contribution in [2.75, 3.05) is 7.11 Å². The number of hydrogen-bond acceptors (Lipinski definition) is 3. The maximum Gasteiger partial charge on any atom is 0.120 e. The third-order valence-corrected chi connectivity index (χ3v) is 2.61. The summed E-state index contributed by atoms with van der Waals surface area (Å²) in [4.78, 5) is 0. The van der Waals surface area contributed by atoms with Crippen LogP contribution in [0.3, 0.4) is 0 Å². The van der Waals surface area contributed by atoms with Crippen LogP contribution >= 0.6 is 12.4 Å². The zero-order valence-corrected chi connectivity index (χ0v) is 9.50. The first-order chi connectivity index (χ1) is 6.79. The van der Waals surface area contributed by atoms with Gasteiger partial charge < -0.3 is 15.2 Å². The SMILES string of the molecule is COc1ccc(O[C@@H]2CC[C@H]2N)cc1.Cl. The van der Waals surface area contributed by atoms with E-state index in [1.54, 1.807) is 7.11 Å². The van der Waals surface area contributed by atoms with Gasteiger partial charge in [-0.15, -0.1) is 12.4 Å². The van der Waals surface area contributed by atoms with Crippen molar-refractivity contribution in [2.24, 2.45) is 5.73 Å². The fourth-order valence-corrected chi connectivity index (χ4v) is 1.47. The van der Waals surface area contributed by atoms with E-state index in [2.05, 4.69) is 0 Å². The molecule has 0 spiro atoms. The van der Waals surface area contributed by atoms with E-state index >= 15 is 0 Å². The molecule has 0 unspecified atom stereocenters. The summed E-state index contributed by atoms with van der Waals surface area (Å²) < 4.78 is 10.7. The van der Waals surface area contributed by atoms with Crippen molar-refractivity contribution < 1.29 is 9.47 Å². The molecule has 2 atom stereocenters. The first-order valence-electron chi connectivity index (χ1n) is 4.86. The van der Waals surface area contributed by atoms with Crippen LogP contribution in [0.25, 0.3) is 0 Å². The highest BCUT2D eigenvalue weighted by molar-refractivity contribution is 5.85. The van der Waals surface area contributed by atoms with E-state index in [0.29, 0.717) is 0 Å². The van der Waals surface area contributed by atoms with Gasteiger partial charge in [-0.2, -0.15) is 0 Å². The van der Waals surface area contributed by atoms with Gasteiger partial charge in [0.2, 0.25) is 0 Å². The highest BCUT2D eigenvalue weighted by Crippen LogP contribution is 2.25. The largest absolute Gasteiger partial charge is 0.497 e. The number of ether oxygens (including phenoxy) is 2. The molecule has 0 aromatic heterocycles. The van der Waals surface area contributed by atoms with Gasteiger partial charge in [-0.1, -0.05) is 0 Å². The van der Waals surface area contributed by atoms with Gasteiger partial charge in [0.15, 0.2) is 0 Å². The summed E-state index contributed by atoms with van der Waals surface area (Å²) in [5.41, 5.74) is 5.78. The van der Waals surface area contributed by atoms with Gasteiger partial charge in [0.05, 0.1) is 7.11 Å². The topological polar surface area (TPSA) is 44.5 Å². The van der Waals surface area contributed by atoms with Gasteiger partial charge in [0, 0.05) is 6.04 Å². The van der Waals surface area contributed by atoms with E-state index in [-0.39, 0.29) is 24.6 Å². The van der Waals surface area contributed by atoms with Crippen LogP contribution < -0.4 is 15.2 Å². The summed E-state index contributed by atoms with van der Waals surface area (Å²) in [6, 6.07) is 7.80. The lowest BCUT2D eigenvalue weighted by atomic mass is 9.90. The van der Waals surface area contributed by atoms with Crippen molar-refractivity contribution in [1.82, 2.24) is 0 Å². The smallest absolute Gasteiger partial charge is 0.120 e. The summed E-state index contributed by atoms with van der Waals surface area (Å²) in [6.45, 7) is 0. The van der Waals surface area contributed by atoms with Gasteiger partial charge in [-0.3, -0.25) is 0 Å². The van der Waals surface area contributed by atoms with Crippen LogP contribution in [0.15, 0.2) is 24.3 Å². The van der Waals surface area contributed by atoms with Gasteiger partial charge in [-0.25, -0.2) is 0 Å². The van der Waals surface area contributed by atoms with Gasteiger partial charge >= 0.3 is 0 Å². The van der Waals surface area contributed by atoms with E-state index in [0.717, 1.165) is 24.3 Å². The van der Waals surface area contributed by atoms with Gasteiger partial charge in [0.25, 0.3) is 0 Å². The van der Waals surface area contributed by atoms with E-state index < -0.39 is 0 Å². The summed E-state index contributed by atoms with van der Waals surface area (Å²) in [5, 5.41) is 0. The Morgan fingerprint density at radius 1 is 1.13 bits per heavy atom. The molecule has 1 fully saturated rings. The molecule has 1 aromatic rings. The highest BCUT2D eigenvalue weighted by Gasteiger charge is 2.29. The molecule has 1 saturated carbocycles. The second kappa shape index (κ2) is 5.24. The molecule has 4 heteroatoms. The average Bonchev–Trinajstić information content (AvgIpc) is 2.24. The lowest BCUT2D eigenvalue weighted by Crippen LogP contribution is -2.47. The van der Waals surface area contributed by atoms with Gasteiger partial charge in [0.1, 0.15) is 17.6 Å². The van der Waals surface area contributed by atoms with Crippen LogP contribution in [-0.4, -0.2) is 19.3 Å². The Morgan fingerprint density at radius 3 is 2.13 bits per heavy atom. The molecule has 1 aliphatic rings. The third-order valence-electron chi connectivity index (χ3n) is 2.61. The van der Waals surface area contributed by atoms with Crippen molar-refractivity contribution in [3.63, 3.8) is 0 Å². The Kier molecular flexibility index (Phi) is 4.24. The summed E-state index contributed by atoms with van der Waals surface area (Å²) >= 11 is 0. The quantitative estimate of drug-likeness (QED) is 0.862. The second-order valence-electron chi connectivity index (χ2n) is 3.57. The Hall–Kier alpha value is -0.930. The Morgan fingerprint density at radius 2 is 1.73 bits per heavy atom. The number of nitrogens with two attached hydrogens (primary N) is 1. The normalized spacial score (nSPS) is 23.6. The van der Waals surface area contributed by atoms with Gasteiger partial charge in [-0.05, 0) is 37.1 Å². The van der Waals surface area contributed by atoms with E-state index in [9.17, 15) is 0 Å². The van der Waals surface area contributed by atoms with Crippen molar-refractivity contribution in [3.8, 4) is 11.5 Å². The number of benzene rings is 1. The molecule has 0 bridgehead atoms. The monoisotopic (exact) mass is 229 g/mol. The maximum atomic E-state index is 5.78. The van der Waals surface area contributed by atoms with Crippen LogP contribution in [0.4, 0.5) is 0 Å². The first kappa shape index (κ1) is 12.1. The van der Waals surface area contributed by atoms with Crippen LogP contribution in [0, 0.1) is 0 Å². The predicted molar refractivity (Wildman–Crippen MR) is 61.9 cm³/mol. The minimum absolute atomic E-state index is 0. The number of hydrogen-bond donors (Lipinski definition) is 1. The van der Waals surface area contributed by atoms with E-state index in [1.807, 2.05) is 24.3 Å². The fraction of sp³-hybridized carbons (Fsp3) is 0.455. The third kappa shape index (κ3) is 2.76. The van der Waals surface area contributed by atoms with Crippen LogP contribution in [0.1, 0.15) is 12.8 Å². The zero-order chi connectivity index (χ0) is 9.97. The lowest BCUT2D eigenvalue weighted by Gasteiger charge is -2.33. The number of halogens is 1. The molecule has 1 aliphatic carbocycles. The highest BCUT2D eigenvalue weighted by atomic mass is 35.5. The average molecular weight is 230 g/mol. The van der Waals surface area contributed by atoms with Crippen LogP contribution in [0.2, 0.25) is 0 Å². The molecule has 0 heterocycles. The molecule has 0 amide bonds. The summed E-state index contributed by atoms with van der Waals surface area (Å²) in [7, 11) is 1.65. The maximum absolute atomic E-state index is 5.78. The van der Waals surface area contributed by atoms with Crippen molar-refractivity contribution in [2.45, 2.75) is 25.0 Å². The summed E-state index contributed by atoms with van der Waals surface area (Å²) in [6.07, 6.45) is 2.33. The minimum Gasteiger partial charge on any atom is -0.497 e. The van der Waals surface area contributed by atoms with E-state index in [4.69, 9.17) is 15.2 Å². The molecule has 1 aromatic carbocycles. The molecule has 0 saturated heterocycles. The molecule has 2 N–H and O–H groups in total. The lowest BCUT2D eigenvalue weighted by molar-refractivity contribution is 0.0932. The van der Waals surface area contributed by atoms with Crippen molar-refractivity contribution in [1.29, 1.82) is 0 Å². The molecular weight excluding hydrogens is 214 g/mol. The Bertz CT molecular complexity index is 302. The molecule has 15 heavy (non-hydrogen) atoms. The summed E-state index contributed by atoms with van der Waals surface area (Å²) in [5.74, 6) is 1.71.